The van der Waals surface area contributed by atoms with Crippen molar-refractivity contribution in [2.75, 3.05) is 0 Å². The van der Waals surface area contributed by atoms with E-state index in [1.165, 1.54) is 0 Å². The summed E-state index contributed by atoms with van der Waals surface area (Å²) in [5, 5.41) is 0. The van der Waals surface area contributed by atoms with Crippen molar-refractivity contribution in [1.29, 1.82) is 0 Å². The van der Waals surface area contributed by atoms with Crippen molar-refractivity contribution in [3.63, 3.8) is 0 Å². The predicted molar refractivity (Wildman–Crippen MR) is 57.2 cm³/mol. The van der Waals surface area contributed by atoms with E-state index in [1.807, 2.05) is 6.92 Å². The fourth-order valence-electron chi connectivity index (χ4n) is 1.27. The average molecular weight is 192 g/mol. The van der Waals surface area contributed by atoms with Crippen LogP contribution in [0.1, 0.15) is 33.7 Å². The standard InChI is InChI=1S/C10H14N4.H2/c1-6-12-8-9(13-6)14-7(5-11-8)10(2,3)4;/h5H,1-4H3,(H,11,12,13,14);1H. The van der Waals surface area contributed by atoms with Crippen LogP contribution in [0.3, 0.4) is 0 Å². The molecule has 0 saturated heterocycles. The molecule has 0 fully saturated rings. The van der Waals surface area contributed by atoms with E-state index in [2.05, 4.69) is 40.7 Å². The van der Waals surface area contributed by atoms with Crippen molar-refractivity contribution in [3.05, 3.63) is 17.7 Å². The number of H-pyrrole nitrogens is 1. The molecule has 2 aromatic heterocycles. The van der Waals surface area contributed by atoms with Crippen LogP contribution in [0, 0.1) is 6.92 Å². The lowest BCUT2D eigenvalue weighted by Gasteiger charge is -2.16. The molecule has 76 valence electrons. The highest BCUT2D eigenvalue weighted by molar-refractivity contribution is 5.65. The van der Waals surface area contributed by atoms with Crippen LogP contribution in [0.2, 0.25) is 0 Å². The lowest BCUT2D eigenvalue weighted by molar-refractivity contribution is 0.568. The van der Waals surface area contributed by atoms with Gasteiger partial charge in [0.15, 0.2) is 11.3 Å². The summed E-state index contributed by atoms with van der Waals surface area (Å²) in [6.45, 7) is 8.25. The van der Waals surface area contributed by atoms with Gasteiger partial charge in [-0.3, -0.25) is 0 Å². The second kappa shape index (κ2) is 2.77. The van der Waals surface area contributed by atoms with Gasteiger partial charge < -0.3 is 4.98 Å². The Morgan fingerprint density at radius 1 is 1.29 bits per heavy atom. The third-order valence-corrected chi connectivity index (χ3v) is 2.09. The normalized spacial score (nSPS) is 12.3. The SMILES string of the molecule is Cc1nc2ncc(C(C)(C)C)nc2[nH]1.[HH]. The molecule has 0 amide bonds. The Bertz CT molecular complexity index is 470. The maximum atomic E-state index is 4.49. The van der Waals surface area contributed by atoms with Gasteiger partial charge in [0.25, 0.3) is 0 Å². The summed E-state index contributed by atoms with van der Waals surface area (Å²) in [6, 6.07) is 0. The van der Waals surface area contributed by atoms with E-state index in [-0.39, 0.29) is 6.84 Å². The monoisotopic (exact) mass is 192 g/mol. The second-order valence-corrected chi connectivity index (χ2v) is 4.50. The molecule has 2 heterocycles. The van der Waals surface area contributed by atoms with Gasteiger partial charge in [-0.2, -0.15) is 0 Å². The van der Waals surface area contributed by atoms with Gasteiger partial charge in [0, 0.05) is 6.84 Å². The molecule has 0 unspecified atom stereocenters. The first-order chi connectivity index (χ1) is 6.47. The van der Waals surface area contributed by atoms with Gasteiger partial charge in [-0.05, 0) is 6.92 Å². The zero-order chi connectivity index (χ0) is 10.3. The molecule has 2 rings (SSSR count). The Labute approximate surface area is 84.3 Å². The summed E-state index contributed by atoms with van der Waals surface area (Å²) in [5.41, 5.74) is 2.47. The fourth-order valence-corrected chi connectivity index (χ4v) is 1.27. The number of nitrogens with zero attached hydrogens (tertiary/aromatic N) is 3. The summed E-state index contributed by atoms with van der Waals surface area (Å²) >= 11 is 0. The molecular formula is C10H16N4. The number of nitrogens with one attached hydrogen (secondary N) is 1. The second-order valence-electron chi connectivity index (χ2n) is 4.50. The largest absolute Gasteiger partial charge is 0.325 e. The predicted octanol–water partition coefficient (Wildman–Crippen LogP) is 2.20. The van der Waals surface area contributed by atoms with Gasteiger partial charge in [0.1, 0.15) is 5.82 Å². The van der Waals surface area contributed by atoms with Gasteiger partial charge in [0.05, 0.1) is 11.9 Å². The van der Waals surface area contributed by atoms with Gasteiger partial charge in [-0.25, -0.2) is 15.0 Å². The van der Waals surface area contributed by atoms with Crippen LogP contribution in [0.15, 0.2) is 6.20 Å². The van der Waals surface area contributed by atoms with Crippen molar-refractivity contribution in [3.8, 4) is 0 Å². The van der Waals surface area contributed by atoms with E-state index >= 15 is 0 Å². The Balaban J connectivity index is 0.00000112. The highest BCUT2D eigenvalue weighted by atomic mass is 15.0. The first-order valence-corrected chi connectivity index (χ1v) is 4.66. The van der Waals surface area contributed by atoms with Crippen LogP contribution < -0.4 is 0 Å². The number of hydrogen-bond donors (Lipinski definition) is 1. The Morgan fingerprint density at radius 3 is 2.64 bits per heavy atom. The third-order valence-electron chi connectivity index (χ3n) is 2.09. The van der Waals surface area contributed by atoms with Crippen LogP contribution in [0.5, 0.6) is 0 Å². The van der Waals surface area contributed by atoms with Crippen LogP contribution >= 0.6 is 0 Å². The molecule has 4 nitrogen and oxygen atoms in total. The first-order valence-electron chi connectivity index (χ1n) is 4.66. The van der Waals surface area contributed by atoms with E-state index in [0.29, 0.717) is 5.65 Å². The molecule has 0 aliphatic heterocycles. The minimum Gasteiger partial charge on any atom is -0.325 e. The quantitative estimate of drug-likeness (QED) is 0.696. The molecule has 0 aliphatic carbocycles. The zero-order valence-electron chi connectivity index (χ0n) is 8.92. The van der Waals surface area contributed by atoms with Crippen LogP contribution in [-0.2, 0) is 5.41 Å². The molecule has 1 N–H and O–H groups in total. The number of rotatable bonds is 0. The van der Waals surface area contributed by atoms with E-state index in [0.717, 1.165) is 17.2 Å². The highest BCUT2D eigenvalue weighted by Gasteiger charge is 2.17. The fraction of sp³-hybridized carbons (Fsp3) is 0.500. The third kappa shape index (κ3) is 1.47. The molecule has 0 saturated carbocycles. The van der Waals surface area contributed by atoms with Crippen molar-refractivity contribution in [1.82, 2.24) is 19.9 Å². The molecule has 0 aliphatic rings. The van der Waals surface area contributed by atoms with E-state index in [4.69, 9.17) is 0 Å². The molecule has 0 aromatic carbocycles. The Kier molecular flexibility index (Phi) is 1.80. The molecule has 0 bridgehead atoms. The molecule has 0 spiro atoms. The van der Waals surface area contributed by atoms with Gasteiger partial charge in [-0.15, -0.1) is 0 Å². The molecule has 4 heteroatoms. The average Bonchev–Trinajstić information content (AvgIpc) is 2.41. The van der Waals surface area contributed by atoms with Crippen molar-refractivity contribution in [2.24, 2.45) is 0 Å². The summed E-state index contributed by atoms with van der Waals surface area (Å²) in [7, 11) is 0. The molecule has 0 radical (unpaired) electrons. The van der Waals surface area contributed by atoms with E-state index < -0.39 is 0 Å². The summed E-state index contributed by atoms with van der Waals surface area (Å²) in [4.78, 5) is 16.0. The number of fused-ring (bicyclic) bond motifs is 1. The number of aromatic nitrogens is 4. The van der Waals surface area contributed by atoms with Gasteiger partial charge in [0.2, 0.25) is 0 Å². The lowest BCUT2D eigenvalue weighted by atomic mass is 9.93. The van der Waals surface area contributed by atoms with Crippen molar-refractivity contribution < 1.29 is 1.43 Å². The van der Waals surface area contributed by atoms with Crippen molar-refractivity contribution >= 4 is 11.3 Å². The van der Waals surface area contributed by atoms with Crippen molar-refractivity contribution in [2.45, 2.75) is 33.1 Å². The molecule has 14 heavy (non-hydrogen) atoms. The number of imidazole rings is 1. The molecular weight excluding hydrogens is 176 g/mol. The van der Waals surface area contributed by atoms with Gasteiger partial charge >= 0.3 is 0 Å². The van der Waals surface area contributed by atoms with Crippen LogP contribution in [-0.4, -0.2) is 19.9 Å². The molecule has 0 atom stereocenters. The molecule has 2 aromatic rings. The van der Waals surface area contributed by atoms with Crippen LogP contribution in [0.25, 0.3) is 11.3 Å². The maximum absolute atomic E-state index is 4.49. The smallest absolute Gasteiger partial charge is 0.197 e. The summed E-state index contributed by atoms with van der Waals surface area (Å²) in [5.74, 6) is 0.853. The topological polar surface area (TPSA) is 54.5 Å². The Morgan fingerprint density at radius 2 is 2.00 bits per heavy atom. The zero-order valence-corrected chi connectivity index (χ0v) is 8.92. The summed E-state index contributed by atoms with van der Waals surface area (Å²) in [6.07, 6.45) is 1.79. The van der Waals surface area contributed by atoms with Gasteiger partial charge in [-0.1, -0.05) is 20.8 Å². The number of hydrogen-bond acceptors (Lipinski definition) is 3. The highest BCUT2D eigenvalue weighted by Crippen LogP contribution is 2.20. The summed E-state index contributed by atoms with van der Waals surface area (Å²) < 4.78 is 0. The van der Waals surface area contributed by atoms with Crippen LogP contribution in [0.4, 0.5) is 0 Å². The number of aromatic amines is 1. The van der Waals surface area contributed by atoms with E-state index in [1.54, 1.807) is 6.20 Å². The lowest BCUT2D eigenvalue weighted by Crippen LogP contribution is -2.13. The Hall–Kier alpha value is -1.45. The number of aryl methyl sites for hydroxylation is 1. The van der Waals surface area contributed by atoms with E-state index in [9.17, 15) is 0 Å². The minimum atomic E-state index is 0. The minimum absolute atomic E-state index is 0. The first kappa shape index (κ1) is 9.12. The maximum Gasteiger partial charge on any atom is 0.197 e.